The largest absolute Gasteiger partial charge is 0.339 e. The molecule has 1 aromatic heterocycles. The molecule has 0 N–H and O–H groups in total. The Morgan fingerprint density at radius 2 is 2.05 bits per heavy atom. The van der Waals surface area contributed by atoms with Crippen molar-refractivity contribution in [1.29, 1.82) is 0 Å². The van der Waals surface area contributed by atoms with Crippen LogP contribution in [0, 0.1) is 5.92 Å². The summed E-state index contributed by atoms with van der Waals surface area (Å²) < 4.78 is 0.928. The van der Waals surface area contributed by atoms with Crippen LogP contribution in [-0.4, -0.2) is 28.9 Å². The van der Waals surface area contributed by atoms with Gasteiger partial charge in [-0.3, -0.25) is 9.78 Å². The van der Waals surface area contributed by atoms with E-state index in [9.17, 15) is 4.79 Å². The van der Waals surface area contributed by atoms with E-state index in [0.717, 1.165) is 52.8 Å². The van der Waals surface area contributed by atoms with Gasteiger partial charge >= 0.3 is 0 Å². The predicted octanol–water partition coefficient (Wildman–Crippen LogP) is 3.87. The second kappa shape index (κ2) is 5.52. The van der Waals surface area contributed by atoms with Crippen molar-refractivity contribution in [3.8, 4) is 0 Å². The van der Waals surface area contributed by atoms with Gasteiger partial charge in [0.05, 0.1) is 11.1 Å². The number of likely N-dealkylation sites (tertiary alicyclic amines) is 1. The van der Waals surface area contributed by atoms with Crippen molar-refractivity contribution >= 4 is 32.7 Å². The van der Waals surface area contributed by atoms with Crippen molar-refractivity contribution in [1.82, 2.24) is 9.88 Å². The summed E-state index contributed by atoms with van der Waals surface area (Å²) >= 11 is 3.50. The van der Waals surface area contributed by atoms with E-state index in [1.54, 1.807) is 6.20 Å². The first-order chi connectivity index (χ1) is 9.66. The van der Waals surface area contributed by atoms with Gasteiger partial charge in [0.1, 0.15) is 0 Å². The van der Waals surface area contributed by atoms with E-state index in [4.69, 9.17) is 0 Å². The smallest absolute Gasteiger partial charge is 0.254 e. The maximum Gasteiger partial charge on any atom is 0.254 e. The third kappa shape index (κ3) is 2.44. The van der Waals surface area contributed by atoms with E-state index in [1.165, 1.54) is 0 Å². The van der Waals surface area contributed by atoms with Gasteiger partial charge in [-0.05, 0) is 46.8 Å². The van der Waals surface area contributed by atoms with Gasteiger partial charge in [-0.1, -0.05) is 19.1 Å². The Balaban J connectivity index is 1.98. The molecule has 1 amide bonds. The molecule has 0 atom stereocenters. The molecular formula is C16H17BrN2O. The van der Waals surface area contributed by atoms with Crippen LogP contribution in [0.4, 0.5) is 0 Å². The number of carbonyl (C=O) groups excluding carboxylic acids is 1. The molecule has 0 unspecified atom stereocenters. The van der Waals surface area contributed by atoms with E-state index in [1.807, 2.05) is 29.2 Å². The van der Waals surface area contributed by atoms with E-state index in [0.29, 0.717) is 0 Å². The normalized spacial score (nSPS) is 16.6. The molecule has 1 aliphatic rings. The van der Waals surface area contributed by atoms with Crippen LogP contribution in [-0.2, 0) is 0 Å². The predicted molar refractivity (Wildman–Crippen MR) is 83.7 cm³/mol. The zero-order valence-corrected chi connectivity index (χ0v) is 13.1. The van der Waals surface area contributed by atoms with Gasteiger partial charge in [0, 0.05) is 29.1 Å². The number of carbonyl (C=O) groups is 1. The lowest BCUT2D eigenvalue weighted by molar-refractivity contribution is 0.0699. The molecule has 1 saturated heterocycles. The molecule has 2 heterocycles. The van der Waals surface area contributed by atoms with Crippen molar-refractivity contribution < 1.29 is 4.79 Å². The molecule has 1 aliphatic heterocycles. The van der Waals surface area contributed by atoms with Crippen LogP contribution in [0.1, 0.15) is 30.1 Å². The quantitative estimate of drug-likeness (QED) is 0.794. The zero-order valence-electron chi connectivity index (χ0n) is 11.5. The van der Waals surface area contributed by atoms with Crippen molar-refractivity contribution in [2.24, 2.45) is 5.92 Å². The molecule has 4 heteroatoms. The molecule has 20 heavy (non-hydrogen) atoms. The van der Waals surface area contributed by atoms with Gasteiger partial charge in [-0.15, -0.1) is 0 Å². The van der Waals surface area contributed by atoms with Gasteiger partial charge in [0.25, 0.3) is 5.91 Å². The lowest BCUT2D eigenvalue weighted by Gasteiger charge is -2.30. The van der Waals surface area contributed by atoms with Gasteiger partial charge in [0.15, 0.2) is 0 Å². The Labute approximate surface area is 127 Å². The number of benzene rings is 1. The summed E-state index contributed by atoms with van der Waals surface area (Å²) in [6.45, 7) is 3.97. The van der Waals surface area contributed by atoms with Crippen molar-refractivity contribution in [3.05, 3.63) is 40.5 Å². The fourth-order valence-electron chi connectivity index (χ4n) is 2.71. The summed E-state index contributed by atoms with van der Waals surface area (Å²) in [6, 6.07) is 7.69. The van der Waals surface area contributed by atoms with E-state index in [2.05, 4.69) is 27.8 Å². The minimum absolute atomic E-state index is 0.127. The number of rotatable bonds is 1. The highest BCUT2D eigenvalue weighted by atomic mass is 79.9. The van der Waals surface area contributed by atoms with Crippen LogP contribution in [0.3, 0.4) is 0 Å². The van der Waals surface area contributed by atoms with Crippen molar-refractivity contribution in [2.45, 2.75) is 19.8 Å². The standard InChI is InChI=1S/C16H17BrN2O/c1-11-6-9-19(10-7-11)16(20)13-5-8-18-15-12(13)3-2-4-14(15)17/h2-5,8,11H,6-7,9-10H2,1H3. The van der Waals surface area contributed by atoms with Gasteiger partial charge < -0.3 is 4.90 Å². The topological polar surface area (TPSA) is 33.2 Å². The monoisotopic (exact) mass is 332 g/mol. The van der Waals surface area contributed by atoms with Gasteiger partial charge in [-0.25, -0.2) is 0 Å². The second-order valence-electron chi connectivity index (χ2n) is 5.47. The number of pyridine rings is 1. The van der Waals surface area contributed by atoms with Crippen LogP contribution in [0.5, 0.6) is 0 Å². The fourth-order valence-corrected chi connectivity index (χ4v) is 3.18. The third-order valence-electron chi connectivity index (χ3n) is 4.02. The highest BCUT2D eigenvalue weighted by Crippen LogP contribution is 2.26. The SMILES string of the molecule is CC1CCN(C(=O)c2ccnc3c(Br)cccc23)CC1. The van der Waals surface area contributed by atoms with Crippen LogP contribution in [0.15, 0.2) is 34.9 Å². The first-order valence-electron chi connectivity index (χ1n) is 6.99. The number of piperidine rings is 1. The molecule has 0 spiro atoms. The minimum Gasteiger partial charge on any atom is -0.339 e. The van der Waals surface area contributed by atoms with E-state index in [-0.39, 0.29) is 5.91 Å². The van der Waals surface area contributed by atoms with E-state index >= 15 is 0 Å². The Hall–Kier alpha value is -1.42. The molecule has 3 nitrogen and oxygen atoms in total. The summed E-state index contributed by atoms with van der Waals surface area (Å²) in [7, 11) is 0. The Kier molecular flexibility index (Phi) is 3.74. The Morgan fingerprint density at radius 3 is 2.80 bits per heavy atom. The molecule has 0 radical (unpaired) electrons. The number of hydrogen-bond donors (Lipinski definition) is 0. The molecule has 2 aromatic rings. The van der Waals surface area contributed by atoms with Crippen molar-refractivity contribution in [2.75, 3.05) is 13.1 Å². The lowest BCUT2D eigenvalue weighted by atomic mass is 9.98. The number of amides is 1. The molecule has 0 aliphatic carbocycles. The number of hydrogen-bond acceptors (Lipinski definition) is 2. The molecule has 1 fully saturated rings. The second-order valence-corrected chi connectivity index (χ2v) is 6.32. The highest BCUT2D eigenvalue weighted by molar-refractivity contribution is 9.10. The number of fused-ring (bicyclic) bond motifs is 1. The van der Waals surface area contributed by atoms with Crippen LogP contribution in [0.2, 0.25) is 0 Å². The number of halogens is 1. The first-order valence-corrected chi connectivity index (χ1v) is 7.78. The van der Waals surface area contributed by atoms with Crippen LogP contribution < -0.4 is 0 Å². The average molecular weight is 333 g/mol. The van der Waals surface area contributed by atoms with Gasteiger partial charge in [-0.2, -0.15) is 0 Å². The zero-order chi connectivity index (χ0) is 14.1. The third-order valence-corrected chi connectivity index (χ3v) is 4.66. The lowest BCUT2D eigenvalue weighted by Crippen LogP contribution is -2.38. The summed E-state index contributed by atoms with van der Waals surface area (Å²) in [5.41, 5.74) is 1.61. The average Bonchev–Trinajstić information content (AvgIpc) is 2.47. The Bertz CT molecular complexity index is 648. The molecule has 3 rings (SSSR count). The van der Waals surface area contributed by atoms with E-state index < -0.39 is 0 Å². The number of aromatic nitrogens is 1. The number of nitrogens with zero attached hydrogens (tertiary/aromatic N) is 2. The summed E-state index contributed by atoms with van der Waals surface area (Å²) in [4.78, 5) is 19.0. The molecule has 104 valence electrons. The maximum absolute atomic E-state index is 12.7. The molecule has 1 aromatic carbocycles. The van der Waals surface area contributed by atoms with Crippen molar-refractivity contribution in [3.63, 3.8) is 0 Å². The van der Waals surface area contributed by atoms with Gasteiger partial charge in [0.2, 0.25) is 0 Å². The van der Waals surface area contributed by atoms with Crippen LogP contribution >= 0.6 is 15.9 Å². The number of para-hydroxylation sites is 1. The summed E-state index contributed by atoms with van der Waals surface area (Å²) in [5, 5.41) is 0.922. The Morgan fingerprint density at radius 1 is 1.30 bits per heavy atom. The van der Waals surface area contributed by atoms with Crippen LogP contribution in [0.25, 0.3) is 10.9 Å². The molecule has 0 bridgehead atoms. The fraction of sp³-hybridized carbons (Fsp3) is 0.375. The summed E-state index contributed by atoms with van der Waals surface area (Å²) in [6.07, 6.45) is 3.91. The summed E-state index contributed by atoms with van der Waals surface area (Å²) in [5.74, 6) is 0.852. The molecular weight excluding hydrogens is 316 g/mol. The minimum atomic E-state index is 0.127. The first kappa shape index (κ1) is 13.6. The molecule has 0 saturated carbocycles. The maximum atomic E-state index is 12.7. The highest BCUT2D eigenvalue weighted by Gasteiger charge is 2.22.